The number of hydrogen-bond donors (Lipinski definition) is 1. The molecule has 0 aromatic heterocycles. The molecule has 6 aliphatic rings. The van der Waals surface area contributed by atoms with E-state index in [0.717, 1.165) is 36.2 Å². The van der Waals surface area contributed by atoms with E-state index in [9.17, 15) is 5.11 Å². The zero-order valence-electron chi connectivity index (χ0n) is 28.9. The number of halogens is 1. The van der Waals surface area contributed by atoms with Crippen molar-refractivity contribution in [1.29, 1.82) is 0 Å². The fraction of sp³-hybridized carbons (Fsp3) is 0.800. The Morgan fingerprint density at radius 2 is 1.14 bits per heavy atom. The van der Waals surface area contributed by atoms with Crippen LogP contribution in [0.2, 0.25) is 0 Å². The largest absolute Gasteiger partial charge is 0.389 e. The van der Waals surface area contributed by atoms with Gasteiger partial charge >= 0.3 is 0 Å². The Labute approximate surface area is 259 Å². The van der Waals surface area contributed by atoms with E-state index in [4.69, 9.17) is 0 Å². The monoisotopic (exact) mass is 581 g/mol. The lowest BCUT2D eigenvalue weighted by atomic mass is 9.52. The fourth-order valence-electron chi connectivity index (χ4n) is 11.2. The first-order chi connectivity index (χ1) is 19.1. The molecule has 7 atom stereocenters. The Morgan fingerprint density at radius 3 is 1.67 bits per heavy atom. The van der Waals surface area contributed by atoms with Crippen molar-refractivity contribution in [3.63, 3.8) is 0 Å². The molecule has 0 amide bonds. The summed E-state index contributed by atoms with van der Waals surface area (Å²) in [5.41, 5.74) is 11.5. The summed E-state index contributed by atoms with van der Waals surface area (Å²) in [6.45, 7) is 26.5. The summed E-state index contributed by atoms with van der Waals surface area (Å²) < 4.78 is 0. The van der Waals surface area contributed by atoms with Crippen molar-refractivity contribution in [1.82, 2.24) is 0 Å². The molecule has 3 fully saturated rings. The van der Waals surface area contributed by atoms with Crippen LogP contribution in [0.15, 0.2) is 46.1 Å². The minimum atomic E-state index is -0.258. The van der Waals surface area contributed by atoms with Crippen LogP contribution in [0.4, 0.5) is 4.70 Å². The molecule has 0 saturated heterocycles. The molecule has 1 N–H and O–H groups in total. The second kappa shape index (κ2) is 12.0. The van der Waals surface area contributed by atoms with Crippen molar-refractivity contribution in [3.05, 3.63) is 46.1 Å². The van der Waals surface area contributed by atoms with Gasteiger partial charge in [-0.05, 0) is 162 Å². The third kappa shape index (κ3) is 5.81. The number of hydrogen-bond acceptors (Lipinski definition) is 1. The third-order valence-corrected chi connectivity index (χ3v) is 14.6. The maximum Gasteiger partial charge on any atom is 0.0750 e. The molecule has 1 nitrogen and oxygen atoms in total. The van der Waals surface area contributed by atoms with Crippen LogP contribution in [0.5, 0.6) is 0 Å². The Balaban J connectivity index is 0.000000189. The standard InChI is InChI=1S/C20H32O.C20H32.FH/c1-13-6-7-15-12-17-14(2)18(21)9-11-20(17,5)10-8-16(13)19(15,3)4;1-14-7-6-11-20(5)12-10-17-15(2)8-9-16(13-18(14)20)19(17,3)4;/h15,17-18,21H,2,6-12H2,1,3-5H3;7,16,18H,6,8-13H2,1-5H3;1H/t15-,17+,18?,20+;16-,18+,20-;/m00./s1. The van der Waals surface area contributed by atoms with Gasteiger partial charge in [-0.15, -0.1) is 0 Å². The number of rotatable bonds is 0. The fourth-order valence-corrected chi connectivity index (χ4v) is 11.2. The Hall–Kier alpha value is -1.15. The highest BCUT2D eigenvalue weighted by atomic mass is 19.0. The third-order valence-electron chi connectivity index (χ3n) is 14.6. The lowest BCUT2D eigenvalue weighted by Crippen LogP contribution is -2.44. The van der Waals surface area contributed by atoms with E-state index in [1.54, 1.807) is 22.3 Å². The Kier molecular flexibility index (Phi) is 9.62. The summed E-state index contributed by atoms with van der Waals surface area (Å²) in [5.74, 6) is 3.01. The van der Waals surface area contributed by atoms with Gasteiger partial charge in [0.15, 0.2) is 0 Å². The van der Waals surface area contributed by atoms with Crippen molar-refractivity contribution in [3.8, 4) is 0 Å². The minimum absolute atomic E-state index is 0. The summed E-state index contributed by atoms with van der Waals surface area (Å²) in [5, 5.41) is 10.3. The van der Waals surface area contributed by atoms with Gasteiger partial charge in [0.25, 0.3) is 0 Å². The predicted molar refractivity (Wildman–Crippen MR) is 179 cm³/mol. The van der Waals surface area contributed by atoms with E-state index >= 15 is 0 Å². The summed E-state index contributed by atoms with van der Waals surface area (Å²) in [6.07, 6.45) is 20.4. The molecular formula is C40H65FO. The van der Waals surface area contributed by atoms with Gasteiger partial charge in [0, 0.05) is 0 Å². The van der Waals surface area contributed by atoms with E-state index < -0.39 is 0 Å². The molecular weight excluding hydrogens is 515 g/mol. The first kappa shape index (κ1) is 33.7. The second-order valence-electron chi connectivity index (χ2n) is 17.4. The number of fused-ring (bicyclic) bond motifs is 6. The van der Waals surface area contributed by atoms with Crippen LogP contribution in [-0.4, -0.2) is 11.2 Å². The lowest BCUT2D eigenvalue weighted by Gasteiger charge is -2.53. The van der Waals surface area contributed by atoms with Gasteiger partial charge in [-0.2, -0.15) is 0 Å². The smallest absolute Gasteiger partial charge is 0.0750 e. The van der Waals surface area contributed by atoms with Crippen molar-refractivity contribution in [2.24, 2.45) is 45.3 Å². The number of aliphatic hydroxyl groups excluding tert-OH is 1. The first-order valence-corrected chi connectivity index (χ1v) is 17.5. The molecule has 238 valence electrons. The molecule has 6 rings (SSSR count). The number of allylic oxidation sites excluding steroid dienone is 6. The molecule has 1 unspecified atom stereocenters. The molecule has 3 saturated carbocycles. The van der Waals surface area contributed by atoms with Crippen LogP contribution < -0.4 is 0 Å². The minimum Gasteiger partial charge on any atom is -0.389 e. The summed E-state index contributed by atoms with van der Waals surface area (Å²) in [7, 11) is 0. The van der Waals surface area contributed by atoms with E-state index in [0.29, 0.717) is 27.6 Å². The van der Waals surface area contributed by atoms with Gasteiger partial charge < -0.3 is 5.11 Å². The molecule has 0 radical (unpaired) electrons. The highest BCUT2D eigenvalue weighted by molar-refractivity contribution is 5.29. The van der Waals surface area contributed by atoms with Gasteiger partial charge in [0.1, 0.15) is 0 Å². The molecule has 0 aromatic carbocycles. The second-order valence-corrected chi connectivity index (χ2v) is 17.4. The molecule has 4 bridgehead atoms. The van der Waals surface area contributed by atoms with Crippen LogP contribution in [0.25, 0.3) is 0 Å². The average Bonchev–Trinajstić information content (AvgIpc) is 2.88. The van der Waals surface area contributed by atoms with E-state index in [2.05, 4.69) is 75.0 Å². The van der Waals surface area contributed by atoms with Gasteiger partial charge in [-0.1, -0.05) is 82.1 Å². The van der Waals surface area contributed by atoms with E-state index in [1.807, 2.05) is 5.57 Å². The summed E-state index contributed by atoms with van der Waals surface area (Å²) >= 11 is 0. The molecule has 2 heteroatoms. The molecule has 6 aliphatic carbocycles. The normalized spacial score (nSPS) is 40.9. The zero-order chi connectivity index (χ0) is 30.0. The Morgan fingerprint density at radius 1 is 0.667 bits per heavy atom. The predicted octanol–water partition coefficient (Wildman–Crippen LogP) is 11.7. The van der Waals surface area contributed by atoms with Gasteiger partial charge in [0.05, 0.1) is 6.10 Å². The van der Waals surface area contributed by atoms with Crippen molar-refractivity contribution in [2.45, 2.75) is 158 Å². The van der Waals surface area contributed by atoms with Crippen molar-refractivity contribution in [2.75, 3.05) is 0 Å². The summed E-state index contributed by atoms with van der Waals surface area (Å²) in [6, 6.07) is 0. The average molecular weight is 581 g/mol. The van der Waals surface area contributed by atoms with Crippen LogP contribution in [0.1, 0.15) is 152 Å². The highest BCUT2D eigenvalue weighted by Crippen LogP contribution is 2.59. The first-order valence-electron chi connectivity index (χ1n) is 17.5. The lowest BCUT2D eigenvalue weighted by molar-refractivity contribution is 0.0289. The van der Waals surface area contributed by atoms with Gasteiger partial charge in [-0.3, -0.25) is 4.70 Å². The highest BCUT2D eigenvalue weighted by Gasteiger charge is 2.49. The van der Waals surface area contributed by atoms with E-state index in [1.165, 1.54) is 77.0 Å². The van der Waals surface area contributed by atoms with Crippen LogP contribution >= 0.6 is 0 Å². The van der Waals surface area contributed by atoms with Crippen molar-refractivity contribution < 1.29 is 9.81 Å². The van der Waals surface area contributed by atoms with Crippen LogP contribution in [0.3, 0.4) is 0 Å². The molecule has 0 heterocycles. The van der Waals surface area contributed by atoms with Crippen molar-refractivity contribution >= 4 is 0 Å². The van der Waals surface area contributed by atoms with Crippen LogP contribution in [-0.2, 0) is 0 Å². The van der Waals surface area contributed by atoms with Gasteiger partial charge in [-0.25, -0.2) is 0 Å². The quantitative estimate of drug-likeness (QED) is 0.283. The maximum atomic E-state index is 10.3. The van der Waals surface area contributed by atoms with Gasteiger partial charge in [0.2, 0.25) is 0 Å². The molecule has 0 aromatic rings. The molecule has 0 spiro atoms. The SMILES string of the molecule is C=C1C(O)CC[C@@]2(C)CCC3=C(C)CC[C@@H](C[C@H]12)C3(C)C.CC1=CCC[C@@]2(C)CCC3=C(C)CC[C@@H](C[C@H]12)C3(C)C.F. The Bertz CT molecular complexity index is 1130. The number of aliphatic hydroxyl groups is 1. The van der Waals surface area contributed by atoms with E-state index in [-0.39, 0.29) is 10.8 Å². The molecule has 0 aliphatic heterocycles. The summed E-state index contributed by atoms with van der Waals surface area (Å²) in [4.78, 5) is 0. The maximum absolute atomic E-state index is 10.3. The molecule has 42 heavy (non-hydrogen) atoms. The zero-order valence-corrected chi connectivity index (χ0v) is 28.9. The topological polar surface area (TPSA) is 20.2 Å². The van der Waals surface area contributed by atoms with Crippen LogP contribution in [0, 0.1) is 45.3 Å².